The first-order valence-electron chi connectivity index (χ1n) is 8.96. The highest BCUT2D eigenvalue weighted by Crippen LogP contribution is 2.24. The Bertz CT molecular complexity index is 1150. The number of sulfonamides is 1. The number of hydrogen-bond acceptors (Lipinski definition) is 4. The molecule has 142 valence electrons. The molecule has 7 heteroatoms. The SMILES string of the molecule is O=C(/C=C/c1ccc(N2CCCS2(=O)=O)cc1)Nc1cnc2ccccc2c1. The summed E-state index contributed by atoms with van der Waals surface area (Å²) >= 11 is 0. The van der Waals surface area contributed by atoms with Gasteiger partial charge in [0.1, 0.15) is 0 Å². The molecule has 28 heavy (non-hydrogen) atoms. The zero-order valence-corrected chi connectivity index (χ0v) is 15.9. The van der Waals surface area contributed by atoms with Gasteiger partial charge in [-0.3, -0.25) is 14.1 Å². The van der Waals surface area contributed by atoms with Gasteiger partial charge in [0.25, 0.3) is 0 Å². The second-order valence-electron chi connectivity index (χ2n) is 6.57. The van der Waals surface area contributed by atoms with E-state index in [1.165, 1.54) is 10.4 Å². The topological polar surface area (TPSA) is 79.4 Å². The van der Waals surface area contributed by atoms with Crippen molar-refractivity contribution in [3.63, 3.8) is 0 Å². The maximum Gasteiger partial charge on any atom is 0.248 e. The number of benzene rings is 2. The largest absolute Gasteiger partial charge is 0.321 e. The number of carbonyl (C=O) groups excluding carboxylic acids is 1. The minimum atomic E-state index is -3.18. The molecule has 0 atom stereocenters. The summed E-state index contributed by atoms with van der Waals surface area (Å²) in [6.45, 7) is 0.514. The van der Waals surface area contributed by atoms with Crippen molar-refractivity contribution in [1.29, 1.82) is 0 Å². The first kappa shape index (κ1) is 18.2. The van der Waals surface area contributed by atoms with Gasteiger partial charge in [0.05, 0.1) is 28.8 Å². The van der Waals surface area contributed by atoms with Crippen LogP contribution in [0, 0.1) is 0 Å². The van der Waals surface area contributed by atoms with Crippen LogP contribution in [-0.4, -0.2) is 31.6 Å². The van der Waals surface area contributed by atoms with Crippen LogP contribution in [0.15, 0.2) is 66.9 Å². The van der Waals surface area contributed by atoms with Gasteiger partial charge in [0, 0.05) is 18.0 Å². The second kappa shape index (κ2) is 7.44. The van der Waals surface area contributed by atoms with Crippen molar-refractivity contribution in [2.24, 2.45) is 0 Å². The summed E-state index contributed by atoms with van der Waals surface area (Å²) in [4.78, 5) is 16.5. The van der Waals surface area contributed by atoms with Gasteiger partial charge in [0.15, 0.2) is 0 Å². The molecule has 0 spiro atoms. The van der Waals surface area contributed by atoms with Crippen molar-refractivity contribution in [1.82, 2.24) is 4.98 Å². The van der Waals surface area contributed by atoms with E-state index in [0.29, 0.717) is 24.3 Å². The summed E-state index contributed by atoms with van der Waals surface area (Å²) in [5.74, 6) is -0.0679. The van der Waals surface area contributed by atoms with Gasteiger partial charge in [0.2, 0.25) is 15.9 Å². The molecule has 2 heterocycles. The van der Waals surface area contributed by atoms with Gasteiger partial charge in [-0.05, 0) is 42.3 Å². The van der Waals surface area contributed by atoms with Crippen LogP contribution in [0.25, 0.3) is 17.0 Å². The standard InChI is InChI=1S/C21H19N3O3S/c25-21(23-18-14-17-4-1-2-5-20(17)22-15-18)11-8-16-6-9-19(10-7-16)24-12-3-13-28(24,26)27/h1-2,4-11,14-15H,3,12-13H2,(H,23,25)/b11-8+. The van der Waals surface area contributed by atoms with E-state index in [9.17, 15) is 13.2 Å². The van der Waals surface area contributed by atoms with E-state index < -0.39 is 10.0 Å². The van der Waals surface area contributed by atoms with Crippen LogP contribution in [0.1, 0.15) is 12.0 Å². The van der Waals surface area contributed by atoms with Crippen molar-refractivity contribution in [3.05, 3.63) is 72.4 Å². The van der Waals surface area contributed by atoms with E-state index in [1.807, 2.05) is 30.3 Å². The Kier molecular flexibility index (Phi) is 4.83. The summed E-state index contributed by atoms with van der Waals surface area (Å²) in [7, 11) is -3.18. The zero-order chi connectivity index (χ0) is 19.6. The minimum Gasteiger partial charge on any atom is -0.321 e. The predicted octanol–water partition coefficient (Wildman–Crippen LogP) is 3.43. The Labute approximate surface area is 163 Å². The monoisotopic (exact) mass is 393 g/mol. The van der Waals surface area contributed by atoms with Crippen molar-refractivity contribution in [2.45, 2.75) is 6.42 Å². The van der Waals surface area contributed by atoms with Crippen LogP contribution >= 0.6 is 0 Å². The molecule has 2 aromatic carbocycles. The fraction of sp³-hybridized carbons (Fsp3) is 0.143. The van der Waals surface area contributed by atoms with Crippen LogP contribution in [0.3, 0.4) is 0 Å². The lowest BCUT2D eigenvalue weighted by Gasteiger charge is -2.16. The summed E-state index contributed by atoms with van der Waals surface area (Å²) in [5.41, 5.74) is 2.97. The quantitative estimate of drug-likeness (QED) is 0.689. The molecule has 3 aromatic rings. The summed E-state index contributed by atoms with van der Waals surface area (Å²) < 4.78 is 25.4. The maximum atomic E-state index is 12.2. The maximum absolute atomic E-state index is 12.2. The van der Waals surface area contributed by atoms with Gasteiger partial charge < -0.3 is 5.32 Å². The third kappa shape index (κ3) is 3.89. The number of pyridine rings is 1. The molecule has 6 nitrogen and oxygen atoms in total. The van der Waals surface area contributed by atoms with Crippen molar-refractivity contribution < 1.29 is 13.2 Å². The highest BCUT2D eigenvalue weighted by Gasteiger charge is 2.28. The third-order valence-corrected chi connectivity index (χ3v) is 6.44. The van der Waals surface area contributed by atoms with Gasteiger partial charge in [-0.1, -0.05) is 30.3 Å². The molecule has 1 aliphatic heterocycles. The summed E-state index contributed by atoms with van der Waals surface area (Å²) in [6, 6.07) is 16.7. The summed E-state index contributed by atoms with van der Waals surface area (Å²) in [6.07, 6.45) is 5.40. The van der Waals surface area contributed by atoms with E-state index in [2.05, 4.69) is 10.3 Å². The number of hydrogen-bond donors (Lipinski definition) is 1. The van der Waals surface area contributed by atoms with E-state index in [-0.39, 0.29) is 11.7 Å². The number of fused-ring (bicyclic) bond motifs is 1. The third-order valence-electron chi connectivity index (χ3n) is 4.57. The number of rotatable bonds is 4. The van der Waals surface area contributed by atoms with E-state index in [1.54, 1.807) is 36.5 Å². The smallest absolute Gasteiger partial charge is 0.248 e. The predicted molar refractivity (Wildman–Crippen MR) is 112 cm³/mol. The lowest BCUT2D eigenvalue weighted by Crippen LogP contribution is -2.24. The molecule has 0 unspecified atom stereocenters. The van der Waals surface area contributed by atoms with Gasteiger partial charge in [-0.25, -0.2) is 8.42 Å². The lowest BCUT2D eigenvalue weighted by atomic mass is 10.2. The van der Waals surface area contributed by atoms with Crippen molar-refractivity contribution >= 4 is 44.3 Å². The molecule has 1 saturated heterocycles. The number of aromatic nitrogens is 1. The van der Waals surface area contributed by atoms with Crippen LogP contribution < -0.4 is 9.62 Å². The molecule has 1 aliphatic rings. The fourth-order valence-electron chi connectivity index (χ4n) is 3.18. The van der Waals surface area contributed by atoms with Crippen LogP contribution in [0.4, 0.5) is 11.4 Å². The molecule has 1 aromatic heterocycles. The Morgan fingerprint density at radius 2 is 1.89 bits per heavy atom. The average molecular weight is 393 g/mol. The normalized spacial score (nSPS) is 15.9. The Morgan fingerprint density at radius 3 is 2.64 bits per heavy atom. The molecule has 1 N–H and O–H groups in total. The minimum absolute atomic E-state index is 0.193. The van der Waals surface area contributed by atoms with Crippen molar-refractivity contribution in [2.75, 3.05) is 21.9 Å². The highest BCUT2D eigenvalue weighted by atomic mass is 32.2. The van der Waals surface area contributed by atoms with Crippen molar-refractivity contribution in [3.8, 4) is 0 Å². The molecular weight excluding hydrogens is 374 g/mol. The molecule has 0 radical (unpaired) electrons. The Morgan fingerprint density at radius 1 is 1.11 bits per heavy atom. The first-order valence-corrected chi connectivity index (χ1v) is 10.6. The number of nitrogens with zero attached hydrogens (tertiary/aromatic N) is 2. The zero-order valence-electron chi connectivity index (χ0n) is 15.1. The molecule has 0 bridgehead atoms. The molecular formula is C21H19N3O3S. The Hall–Kier alpha value is -3.19. The van der Waals surface area contributed by atoms with E-state index in [4.69, 9.17) is 0 Å². The lowest BCUT2D eigenvalue weighted by molar-refractivity contribution is -0.111. The first-order chi connectivity index (χ1) is 13.5. The van der Waals surface area contributed by atoms with Gasteiger partial charge in [-0.2, -0.15) is 0 Å². The van der Waals surface area contributed by atoms with Crippen LogP contribution in [-0.2, 0) is 14.8 Å². The molecule has 0 saturated carbocycles. The molecule has 1 fully saturated rings. The van der Waals surface area contributed by atoms with Gasteiger partial charge in [-0.15, -0.1) is 0 Å². The second-order valence-corrected chi connectivity index (χ2v) is 8.59. The highest BCUT2D eigenvalue weighted by molar-refractivity contribution is 7.93. The van der Waals surface area contributed by atoms with E-state index in [0.717, 1.165) is 16.5 Å². The van der Waals surface area contributed by atoms with E-state index >= 15 is 0 Å². The number of para-hydroxylation sites is 1. The Balaban J connectivity index is 1.42. The van der Waals surface area contributed by atoms with Gasteiger partial charge >= 0.3 is 0 Å². The van der Waals surface area contributed by atoms with Crippen LogP contribution in [0.2, 0.25) is 0 Å². The molecule has 4 rings (SSSR count). The molecule has 0 aliphatic carbocycles. The number of nitrogens with one attached hydrogen (secondary N) is 1. The number of anilines is 2. The fourth-order valence-corrected chi connectivity index (χ4v) is 4.74. The number of carbonyl (C=O) groups is 1. The summed E-state index contributed by atoms with van der Waals surface area (Å²) in [5, 5.41) is 3.75. The molecule has 1 amide bonds. The number of amides is 1. The average Bonchev–Trinajstić information content (AvgIpc) is 3.06. The van der Waals surface area contributed by atoms with Crippen LogP contribution in [0.5, 0.6) is 0 Å².